The van der Waals surface area contributed by atoms with E-state index in [1.807, 2.05) is 24.3 Å². The van der Waals surface area contributed by atoms with Gasteiger partial charge in [0.15, 0.2) is 5.75 Å². The van der Waals surface area contributed by atoms with Gasteiger partial charge in [0, 0.05) is 3.57 Å². The summed E-state index contributed by atoms with van der Waals surface area (Å²) >= 11 is 2.19. The third-order valence-corrected chi connectivity index (χ3v) is 3.03. The number of hydrogen-bond acceptors (Lipinski definition) is 3. The third-order valence-electron chi connectivity index (χ3n) is 2.36. The van der Waals surface area contributed by atoms with Crippen LogP contribution in [0.15, 0.2) is 42.5 Å². The van der Waals surface area contributed by atoms with E-state index >= 15 is 0 Å². The van der Waals surface area contributed by atoms with Gasteiger partial charge in [-0.15, -0.1) is 0 Å². The predicted octanol–water partition coefficient (Wildman–Crippen LogP) is 2.76. The van der Waals surface area contributed by atoms with Crippen molar-refractivity contribution >= 4 is 34.2 Å². The molecule has 4 N–H and O–H groups in total. The van der Waals surface area contributed by atoms with Crippen LogP contribution in [0.2, 0.25) is 0 Å². The molecule has 5 heteroatoms. The Bertz CT molecular complexity index is 599. The van der Waals surface area contributed by atoms with Crippen LogP contribution in [0.5, 0.6) is 11.5 Å². The molecule has 0 radical (unpaired) electrons. The average Bonchev–Trinajstić information content (AvgIpc) is 2.31. The van der Waals surface area contributed by atoms with E-state index < -0.39 is 5.91 Å². The molecule has 18 heavy (non-hydrogen) atoms. The number of amides is 1. The highest BCUT2D eigenvalue weighted by Crippen LogP contribution is 2.30. The SMILES string of the molecule is NC(=O)c1cccc(Oc2cccc(I)c2)c1N. The minimum absolute atomic E-state index is 0.254. The van der Waals surface area contributed by atoms with Gasteiger partial charge in [0.2, 0.25) is 0 Å². The van der Waals surface area contributed by atoms with Crippen molar-refractivity contribution in [1.29, 1.82) is 0 Å². The highest BCUT2D eigenvalue weighted by molar-refractivity contribution is 14.1. The number of rotatable bonds is 3. The van der Waals surface area contributed by atoms with Crippen molar-refractivity contribution in [3.8, 4) is 11.5 Å². The quantitative estimate of drug-likeness (QED) is 0.657. The number of anilines is 1. The second kappa shape index (κ2) is 5.26. The zero-order chi connectivity index (χ0) is 13.1. The van der Waals surface area contributed by atoms with E-state index in [1.54, 1.807) is 18.2 Å². The molecule has 0 spiro atoms. The van der Waals surface area contributed by atoms with Crippen LogP contribution in [0.4, 0.5) is 5.69 Å². The van der Waals surface area contributed by atoms with E-state index in [0.717, 1.165) is 3.57 Å². The summed E-state index contributed by atoms with van der Waals surface area (Å²) in [6.45, 7) is 0. The Morgan fingerprint density at radius 3 is 2.56 bits per heavy atom. The topological polar surface area (TPSA) is 78.3 Å². The van der Waals surface area contributed by atoms with E-state index in [4.69, 9.17) is 16.2 Å². The lowest BCUT2D eigenvalue weighted by Gasteiger charge is -2.10. The summed E-state index contributed by atoms with van der Waals surface area (Å²) in [5, 5.41) is 0. The first-order valence-electron chi connectivity index (χ1n) is 5.19. The molecule has 0 heterocycles. The average molecular weight is 354 g/mol. The summed E-state index contributed by atoms with van der Waals surface area (Å²) in [5.74, 6) is 0.518. The van der Waals surface area contributed by atoms with Crippen LogP contribution in [-0.4, -0.2) is 5.91 Å². The summed E-state index contributed by atoms with van der Waals surface area (Å²) in [7, 11) is 0. The summed E-state index contributed by atoms with van der Waals surface area (Å²) in [6, 6.07) is 12.5. The van der Waals surface area contributed by atoms with Gasteiger partial charge in [-0.25, -0.2) is 0 Å². The Morgan fingerprint density at radius 1 is 1.17 bits per heavy atom. The van der Waals surface area contributed by atoms with E-state index in [-0.39, 0.29) is 11.3 Å². The largest absolute Gasteiger partial charge is 0.455 e. The maximum absolute atomic E-state index is 11.2. The van der Waals surface area contributed by atoms with Gasteiger partial charge in [-0.1, -0.05) is 12.1 Å². The van der Waals surface area contributed by atoms with Crippen LogP contribution in [0, 0.1) is 3.57 Å². The Balaban J connectivity index is 2.35. The molecule has 0 atom stereocenters. The fraction of sp³-hybridized carbons (Fsp3) is 0. The molecule has 0 bridgehead atoms. The van der Waals surface area contributed by atoms with Crippen molar-refractivity contribution in [3.63, 3.8) is 0 Å². The lowest BCUT2D eigenvalue weighted by Crippen LogP contribution is -2.13. The lowest BCUT2D eigenvalue weighted by molar-refractivity contribution is 0.100. The minimum Gasteiger partial charge on any atom is -0.455 e. The Hall–Kier alpha value is -1.76. The number of para-hydroxylation sites is 1. The minimum atomic E-state index is -0.569. The Morgan fingerprint density at radius 2 is 1.89 bits per heavy atom. The third kappa shape index (κ3) is 2.73. The molecule has 0 aliphatic rings. The number of hydrogen-bond donors (Lipinski definition) is 2. The zero-order valence-electron chi connectivity index (χ0n) is 9.39. The molecule has 0 aliphatic heterocycles. The van der Waals surface area contributed by atoms with Gasteiger partial charge >= 0.3 is 0 Å². The molecule has 2 rings (SSSR count). The fourth-order valence-corrected chi connectivity index (χ4v) is 2.02. The van der Waals surface area contributed by atoms with E-state index in [9.17, 15) is 4.79 Å². The maximum Gasteiger partial charge on any atom is 0.250 e. The molecule has 0 aliphatic carbocycles. The molecule has 2 aromatic carbocycles. The second-order valence-electron chi connectivity index (χ2n) is 3.64. The molecule has 92 valence electrons. The maximum atomic E-state index is 11.2. The monoisotopic (exact) mass is 354 g/mol. The molecular weight excluding hydrogens is 343 g/mol. The van der Waals surface area contributed by atoms with Crippen molar-refractivity contribution in [3.05, 3.63) is 51.6 Å². The number of halogens is 1. The number of ether oxygens (including phenoxy) is 1. The van der Waals surface area contributed by atoms with Crippen molar-refractivity contribution in [1.82, 2.24) is 0 Å². The molecule has 0 fully saturated rings. The van der Waals surface area contributed by atoms with Crippen LogP contribution in [0.1, 0.15) is 10.4 Å². The first kappa shape index (κ1) is 12.7. The predicted molar refractivity (Wildman–Crippen MR) is 78.6 cm³/mol. The summed E-state index contributed by atoms with van der Waals surface area (Å²) in [6.07, 6.45) is 0. The zero-order valence-corrected chi connectivity index (χ0v) is 11.5. The first-order valence-corrected chi connectivity index (χ1v) is 6.27. The van der Waals surface area contributed by atoms with Crippen LogP contribution < -0.4 is 16.2 Å². The number of carbonyl (C=O) groups excluding carboxylic acids is 1. The first-order chi connectivity index (χ1) is 8.58. The molecule has 0 aromatic heterocycles. The highest BCUT2D eigenvalue weighted by Gasteiger charge is 2.10. The van der Waals surface area contributed by atoms with Gasteiger partial charge in [-0.3, -0.25) is 4.79 Å². The van der Waals surface area contributed by atoms with E-state index in [0.29, 0.717) is 11.5 Å². The molecule has 1 amide bonds. The number of nitrogens with two attached hydrogens (primary N) is 2. The smallest absolute Gasteiger partial charge is 0.250 e. The second-order valence-corrected chi connectivity index (χ2v) is 4.89. The number of benzene rings is 2. The van der Waals surface area contributed by atoms with E-state index in [2.05, 4.69) is 22.6 Å². The molecule has 0 unspecified atom stereocenters. The molecule has 2 aromatic rings. The fourth-order valence-electron chi connectivity index (χ4n) is 1.51. The van der Waals surface area contributed by atoms with Crippen molar-refractivity contribution in [2.45, 2.75) is 0 Å². The van der Waals surface area contributed by atoms with Gasteiger partial charge in [0.1, 0.15) is 5.75 Å². The van der Waals surface area contributed by atoms with Gasteiger partial charge in [0.25, 0.3) is 5.91 Å². The van der Waals surface area contributed by atoms with Crippen LogP contribution in [0.25, 0.3) is 0 Å². The van der Waals surface area contributed by atoms with E-state index in [1.165, 1.54) is 0 Å². The molecule has 0 saturated carbocycles. The summed E-state index contributed by atoms with van der Waals surface area (Å²) < 4.78 is 6.69. The lowest BCUT2D eigenvalue weighted by atomic mass is 10.1. The molecule has 4 nitrogen and oxygen atoms in total. The summed E-state index contributed by atoms with van der Waals surface area (Å²) in [4.78, 5) is 11.2. The number of nitrogen functional groups attached to an aromatic ring is 1. The Labute approximate surface area is 118 Å². The molecule has 0 saturated heterocycles. The standard InChI is InChI=1S/C13H11IN2O2/c14-8-3-1-4-9(7-8)18-11-6-2-5-10(12(11)15)13(16)17/h1-7H,15H2,(H2,16,17). The van der Waals surface area contributed by atoms with Crippen molar-refractivity contribution < 1.29 is 9.53 Å². The van der Waals surface area contributed by atoms with Gasteiger partial charge in [0.05, 0.1) is 11.3 Å². The van der Waals surface area contributed by atoms with Crippen LogP contribution in [-0.2, 0) is 0 Å². The van der Waals surface area contributed by atoms with Crippen LogP contribution >= 0.6 is 22.6 Å². The molecular formula is C13H11IN2O2. The van der Waals surface area contributed by atoms with Gasteiger partial charge in [-0.2, -0.15) is 0 Å². The van der Waals surface area contributed by atoms with Crippen LogP contribution in [0.3, 0.4) is 0 Å². The van der Waals surface area contributed by atoms with Crippen molar-refractivity contribution in [2.24, 2.45) is 5.73 Å². The highest BCUT2D eigenvalue weighted by atomic mass is 127. The van der Waals surface area contributed by atoms with Gasteiger partial charge in [-0.05, 0) is 52.9 Å². The normalized spacial score (nSPS) is 10.1. The summed E-state index contributed by atoms with van der Waals surface area (Å²) in [5.41, 5.74) is 11.6. The Kier molecular flexibility index (Phi) is 3.71. The van der Waals surface area contributed by atoms with Crippen molar-refractivity contribution in [2.75, 3.05) is 5.73 Å². The number of primary amides is 1. The number of carbonyl (C=O) groups is 1. The van der Waals surface area contributed by atoms with Gasteiger partial charge < -0.3 is 16.2 Å².